The largest absolute Gasteiger partial charge is 0.508 e. The predicted octanol–water partition coefficient (Wildman–Crippen LogP) is 5.13. The number of phenolic OH excluding ortho intramolecular Hbond substituents is 2. The number of hydrogen-bond donors (Lipinski definition) is 2. The summed E-state index contributed by atoms with van der Waals surface area (Å²) in [7, 11) is 0. The van der Waals surface area contributed by atoms with Gasteiger partial charge in [0.25, 0.3) is 0 Å². The zero-order valence-corrected chi connectivity index (χ0v) is 13.9. The SMILES string of the molecule is CC(C)(CCC(C)(C)c1ccc(O)cc1)c1ccc(O)cc1. The Balaban J connectivity index is 2.10. The molecule has 2 aromatic rings. The van der Waals surface area contributed by atoms with E-state index < -0.39 is 0 Å². The summed E-state index contributed by atoms with van der Waals surface area (Å²) in [5.41, 5.74) is 2.60. The fraction of sp³-hybridized carbons (Fsp3) is 0.400. The van der Waals surface area contributed by atoms with E-state index in [0.29, 0.717) is 11.5 Å². The first-order valence-corrected chi connectivity index (χ1v) is 7.80. The van der Waals surface area contributed by atoms with Gasteiger partial charge in [0.2, 0.25) is 0 Å². The Morgan fingerprint density at radius 3 is 1.14 bits per heavy atom. The lowest BCUT2D eigenvalue weighted by Gasteiger charge is -2.32. The van der Waals surface area contributed by atoms with Crippen LogP contribution in [0.3, 0.4) is 0 Å². The van der Waals surface area contributed by atoms with Crippen LogP contribution in [0, 0.1) is 0 Å². The molecule has 0 aliphatic rings. The molecule has 0 amide bonds. The average molecular weight is 298 g/mol. The second kappa shape index (κ2) is 6.04. The fourth-order valence-electron chi connectivity index (χ4n) is 2.74. The average Bonchev–Trinajstić information content (AvgIpc) is 2.46. The van der Waals surface area contributed by atoms with Crippen LogP contribution in [0.1, 0.15) is 51.7 Å². The Labute approximate surface area is 133 Å². The van der Waals surface area contributed by atoms with E-state index in [0.717, 1.165) is 12.8 Å². The van der Waals surface area contributed by atoms with Crippen LogP contribution in [-0.4, -0.2) is 10.2 Å². The topological polar surface area (TPSA) is 40.5 Å². The van der Waals surface area contributed by atoms with Crippen molar-refractivity contribution < 1.29 is 10.2 Å². The second-order valence-electron chi connectivity index (χ2n) is 7.36. The molecule has 2 heteroatoms. The lowest BCUT2D eigenvalue weighted by Crippen LogP contribution is -2.24. The van der Waals surface area contributed by atoms with Crippen molar-refractivity contribution in [3.63, 3.8) is 0 Å². The summed E-state index contributed by atoms with van der Waals surface area (Å²) in [5, 5.41) is 18.9. The normalized spacial score (nSPS) is 12.4. The van der Waals surface area contributed by atoms with Gasteiger partial charge in [0.15, 0.2) is 0 Å². The van der Waals surface area contributed by atoms with E-state index in [-0.39, 0.29) is 10.8 Å². The van der Waals surface area contributed by atoms with Crippen LogP contribution in [0.15, 0.2) is 48.5 Å². The van der Waals surface area contributed by atoms with E-state index in [1.807, 2.05) is 24.3 Å². The van der Waals surface area contributed by atoms with E-state index in [1.165, 1.54) is 11.1 Å². The van der Waals surface area contributed by atoms with E-state index >= 15 is 0 Å². The number of benzene rings is 2. The van der Waals surface area contributed by atoms with Crippen LogP contribution in [-0.2, 0) is 10.8 Å². The third-order valence-electron chi connectivity index (χ3n) is 4.67. The van der Waals surface area contributed by atoms with Crippen molar-refractivity contribution in [3.8, 4) is 11.5 Å². The van der Waals surface area contributed by atoms with Gasteiger partial charge in [-0.3, -0.25) is 0 Å². The van der Waals surface area contributed by atoms with Crippen LogP contribution in [0.2, 0.25) is 0 Å². The van der Waals surface area contributed by atoms with Gasteiger partial charge in [-0.2, -0.15) is 0 Å². The van der Waals surface area contributed by atoms with Crippen LogP contribution in [0.25, 0.3) is 0 Å². The summed E-state index contributed by atoms with van der Waals surface area (Å²) in [4.78, 5) is 0. The Kier molecular flexibility index (Phi) is 4.50. The molecule has 0 aliphatic heterocycles. The molecule has 2 nitrogen and oxygen atoms in total. The minimum absolute atomic E-state index is 0.0574. The molecule has 0 radical (unpaired) electrons. The van der Waals surface area contributed by atoms with Crippen LogP contribution in [0.5, 0.6) is 11.5 Å². The summed E-state index contributed by atoms with van der Waals surface area (Å²) in [6.45, 7) is 8.97. The molecule has 2 N–H and O–H groups in total. The van der Waals surface area contributed by atoms with Gasteiger partial charge in [-0.25, -0.2) is 0 Å². The Morgan fingerprint density at radius 1 is 0.591 bits per heavy atom. The molecule has 22 heavy (non-hydrogen) atoms. The van der Waals surface area contributed by atoms with Gasteiger partial charge < -0.3 is 10.2 Å². The van der Waals surface area contributed by atoms with E-state index in [1.54, 1.807) is 24.3 Å². The first-order chi connectivity index (χ1) is 10.2. The van der Waals surface area contributed by atoms with Crippen LogP contribution >= 0.6 is 0 Å². The number of hydrogen-bond acceptors (Lipinski definition) is 2. The van der Waals surface area contributed by atoms with Crippen LogP contribution in [0.4, 0.5) is 0 Å². The van der Waals surface area contributed by atoms with Crippen molar-refractivity contribution in [2.24, 2.45) is 0 Å². The summed E-state index contributed by atoms with van der Waals surface area (Å²) in [6.07, 6.45) is 2.09. The van der Waals surface area contributed by atoms with Crippen molar-refractivity contribution in [3.05, 3.63) is 59.7 Å². The number of phenols is 2. The zero-order chi connectivity index (χ0) is 16.4. The maximum atomic E-state index is 9.43. The van der Waals surface area contributed by atoms with Gasteiger partial charge in [-0.05, 0) is 59.1 Å². The van der Waals surface area contributed by atoms with E-state index in [2.05, 4.69) is 27.7 Å². The molecule has 0 aliphatic carbocycles. The molecular formula is C20H26O2. The maximum absolute atomic E-state index is 9.43. The predicted molar refractivity (Wildman–Crippen MR) is 91.5 cm³/mol. The lowest BCUT2D eigenvalue weighted by molar-refractivity contribution is 0.374. The molecule has 2 aromatic carbocycles. The summed E-state index contributed by atoms with van der Waals surface area (Å²) >= 11 is 0. The highest BCUT2D eigenvalue weighted by Gasteiger charge is 2.27. The Morgan fingerprint density at radius 2 is 0.864 bits per heavy atom. The Bertz CT molecular complexity index is 550. The molecule has 118 valence electrons. The van der Waals surface area contributed by atoms with Gasteiger partial charge in [-0.15, -0.1) is 0 Å². The standard InChI is InChI=1S/C20H26O2/c1-19(2,15-5-9-17(21)10-6-15)13-14-20(3,4)16-7-11-18(22)12-8-16/h5-12,21-22H,13-14H2,1-4H3. The molecule has 0 bridgehead atoms. The van der Waals surface area contributed by atoms with Crippen molar-refractivity contribution in [2.45, 2.75) is 51.4 Å². The maximum Gasteiger partial charge on any atom is 0.115 e. The second-order valence-corrected chi connectivity index (χ2v) is 7.36. The van der Waals surface area contributed by atoms with E-state index in [4.69, 9.17) is 0 Å². The summed E-state index contributed by atoms with van der Waals surface area (Å²) in [6, 6.07) is 15.0. The molecule has 0 saturated carbocycles. The molecule has 0 fully saturated rings. The minimum atomic E-state index is 0.0574. The highest BCUT2D eigenvalue weighted by molar-refractivity contribution is 5.32. The molecule has 0 aromatic heterocycles. The van der Waals surface area contributed by atoms with Crippen LogP contribution < -0.4 is 0 Å². The van der Waals surface area contributed by atoms with Crippen molar-refractivity contribution in [2.75, 3.05) is 0 Å². The molecule has 2 rings (SSSR count). The molecule has 0 saturated heterocycles. The highest BCUT2D eigenvalue weighted by Crippen LogP contribution is 2.36. The molecular weight excluding hydrogens is 272 g/mol. The van der Waals surface area contributed by atoms with Crippen molar-refractivity contribution in [1.82, 2.24) is 0 Å². The third-order valence-corrected chi connectivity index (χ3v) is 4.67. The van der Waals surface area contributed by atoms with Gasteiger partial charge in [0.1, 0.15) is 11.5 Å². The summed E-state index contributed by atoms with van der Waals surface area (Å²) in [5.74, 6) is 0.618. The van der Waals surface area contributed by atoms with E-state index in [9.17, 15) is 10.2 Å². The lowest BCUT2D eigenvalue weighted by atomic mass is 9.73. The van der Waals surface area contributed by atoms with Gasteiger partial charge in [0.05, 0.1) is 0 Å². The van der Waals surface area contributed by atoms with Gasteiger partial charge >= 0.3 is 0 Å². The first-order valence-electron chi connectivity index (χ1n) is 7.80. The quantitative estimate of drug-likeness (QED) is 0.803. The highest BCUT2D eigenvalue weighted by atomic mass is 16.3. The smallest absolute Gasteiger partial charge is 0.115 e. The van der Waals surface area contributed by atoms with Gasteiger partial charge in [-0.1, -0.05) is 52.0 Å². The first kappa shape index (κ1) is 16.4. The molecule has 0 spiro atoms. The Hall–Kier alpha value is -1.96. The molecule has 0 heterocycles. The molecule has 0 atom stereocenters. The third kappa shape index (κ3) is 3.82. The van der Waals surface area contributed by atoms with Crippen molar-refractivity contribution >= 4 is 0 Å². The molecule has 0 unspecified atom stereocenters. The zero-order valence-electron chi connectivity index (χ0n) is 13.9. The fourth-order valence-corrected chi connectivity index (χ4v) is 2.74. The van der Waals surface area contributed by atoms with Crippen molar-refractivity contribution in [1.29, 1.82) is 0 Å². The minimum Gasteiger partial charge on any atom is -0.508 e. The monoisotopic (exact) mass is 298 g/mol. The van der Waals surface area contributed by atoms with Gasteiger partial charge in [0, 0.05) is 0 Å². The number of rotatable bonds is 5. The summed E-state index contributed by atoms with van der Waals surface area (Å²) < 4.78 is 0. The number of aromatic hydroxyl groups is 2.